The molecule has 0 amide bonds. The lowest BCUT2D eigenvalue weighted by Gasteiger charge is -2.28. The molecule has 0 aromatic heterocycles. The van der Waals surface area contributed by atoms with Gasteiger partial charge in [-0.15, -0.1) is 0 Å². The van der Waals surface area contributed by atoms with E-state index in [9.17, 15) is 0 Å². The molecule has 3 aliphatic heterocycles. The summed E-state index contributed by atoms with van der Waals surface area (Å²) in [5.41, 5.74) is 1.22. The molecular formula is C18H24O5. The molecule has 3 aliphatic rings. The van der Waals surface area contributed by atoms with Gasteiger partial charge in [-0.25, -0.2) is 0 Å². The molecule has 5 nitrogen and oxygen atoms in total. The van der Waals surface area contributed by atoms with Gasteiger partial charge in [-0.2, -0.15) is 0 Å². The Bertz CT molecular complexity index is 546. The van der Waals surface area contributed by atoms with Crippen molar-refractivity contribution in [1.29, 1.82) is 0 Å². The summed E-state index contributed by atoms with van der Waals surface area (Å²) in [5, 5.41) is 0. The molecule has 0 bridgehead atoms. The van der Waals surface area contributed by atoms with Crippen LogP contribution in [0.15, 0.2) is 30.3 Å². The van der Waals surface area contributed by atoms with Crippen molar-refractivity contribution in [2.45, 2.75) is 69.3 Å². The summed E-state index contributed by atoms with van der Waals surface area (Å²) in [7, 11) is 1.70. The lowest BCUT2D eigenvalue weighted by molar-refractivity contribution is -0.229. The molecule has 0 aliphatic carbocycles. The summed E-state index contributed by atoms with van der Waals surface area (Å²) in [5.74, 6) is -0.625. The average molecular weight is 320 g/mol. The molecule has 126 valence electrons. The summed E-state index contributed by atoms with van der Waals surface area (Å²) >= 11 is 0. The minimum Gasteiger partial charge on any atom is -0.376 e. The summed E-state index contributed by atoms with van der Waals surface area (Å²) in [4.78, 5) is 0. The van der Waals surface area contributed by atoms with Crippen LogP contribution in [0.5, 0.6) is 0 Å². The number of methoxy groups -OCH3 is 1. The van der Waals surface area contributed by atoms with Gasteiger partial charge in [-0.1, -0.05) is 30.3 Å². The van der Waals surface area contributed by atoms with Gasteiger partial charge >= 0.3 is 0 Å². The van der Waals surface area contributed by atoms with Crippen LogP contribution in [0, 0.1) is 0 Å². The molecule has 0 N–H and O–H groups in total. The van der Waals surface area contributed by atoms with Crippen LogP contribution in [0.3, 0.4) is 0 Å². The second-order valence-corrected chi connectivity index (χ2v) is 6.92. The van der Waals surface area contributed by atoms with E-state index in [1.54, 1.807) is 7.11 Å². The summed E-state index contributed by atoms with van der Waals surface area (Å²) in [6.07, 6.45) is 1.19. The number of hydrogen-bond acceptors (Lipinski definition) is 5. The third-order valence-corrected chi connectivity index (χ3v) is 4.89. The highest BCUT2D eigenvalue weighted by molar-refractivity contribution is 5.18. The summed E-state index contributed by atoms with van der Waals surface area (Å²) in [6, 6.07) is 10.3. The van der Waals surface area contributed by atoms with Crippen molar-refractivity contribution in [3.05, 3.63) is 35.9 Å². The Morgan fingerprint density at radius 3 is 2.52 bits per heavy atom. The topological polar surface area (TPSA) is 46.2 Å². The van der Waals surface area contributed by atoms with Crippen LogP contribution in [0.1, 0.15) is 38.4 Å². The maximum Gasteiger partial charge on any atom is 0.190 e. The maximum atomic E-state index is 6.26. The van der Waals surface area contributed by atoms with Crippen molar-refractivity contribution in [2.24, 2.45) is 0 Å². The second kappa shape index (κ2) is 5.83. The van der Waals surface area contributed by atoms with Crippen LogP contribution in [-0.4, -0.2) is 43.6 Å². The number of ether oxygens (including phenoxy) is 5. The van der Waals surface area contributed by atoms with Gasteiger partial charge in [0.2, 0.25) is 0 Å². The third kappa shape index (κ3) is 2.81. The fourth-order valence-corrected chi connectivity index (χ4v) is 3.89. The Hall–Kier alpha value is -0.980. The molecule has 5 heteroatoms. The van der Waals surface area contributed by atoms with Gasteiger partial charge in [0.05, 0.1) is 12.2 Å². The van der Waals surface area contributed by atoms with E-state index < -0.39 is 5.79 Å². The molecule has 4 rings (SSSR count). The van der Waals surface area contributed by atoms with E-state index in [1.165, 1.54) is 5.56 Å². The molecule has 1 aromatic carbocycles. The lowest BCUT2D eigenvalue weighted by atomic mass is 10.0. The van der Waals surface area contributed by atoms with Gasteiger partial charge < -0.3 is 23.7 Å². The SMILES string of the molecule is CO[C@@H]1[C@H]2OC(C)(C)O[C@H]2O[C@@H]1[C@H]1CC[C@H](c2ccccc2)O1. The maximum absolute atomic E-state index is 6.26. The van der Waals surface area contributed by atoms with Crippen LogP contribution < -0.4 is 0 Å². The molecule has 0 radical (unpaired) electrons. The highest BCUT2D eigenvalue weighted by Gasteiger charge is 2.57. The van der Waals surface area contributed by atoms with Crippen LogP contribution in [0.2, 0.25) is 0 Å². The molecule has 3 heterocycles. The van der Waals surface area contributed by atoms with E-state index in [0.29, 0.717) is 0 Å². The van der Waals surface area contributed by atoms with Crippen LogP contribution in [-0.2, 0) is 23.7 Å². The fourth-order valence-electron chi connectivity index (χ4n) is 3.89. The van der Waals surface area contributed by atoms with Crippen LogP contribution in [0.4, 0.5) is 0 Å². The zero-order valence-electron chi connectivity index (χ0n) is 13.8. The average Bonchev–Trinajstić information content (AvgIpc) is 3.19. The van der Waals surface area contributed by atoms with Crippen molar-refractivity contribution in [3.8, 4) is 0 Å². The molecule has 3 saturated heterocycles. The van der Waals surface area contributed by atoms with Gasteiger partial charge in [-0.05, 0) is 32.3 Å². The number of benzene rings is 1. The van der Waals surface area contributed by atoms with Crippen molar-refractivity contribution in [1.82, 2.24) is 0 Å². The standard InChI is InChI=1S/C18H24O5/c1-18(2)22-16-15(19-3)14(21-17(16)23-18)13-10-9-12(20-13)11-7-5-4-6-8-11/h4-8,12-17H,9-10H2,1-3H3/t12-,13-,14-,15+,16-,17-/m1/s1. The van der Waals surface area contributed by atoms with Crippen molar-refractivity contribution < 1.29 is 23.7 Å². The Morgan fingerprint density at radius 2 is 1.78 bits per heavy atom. The summed E-state index contributed by atoms with van der Waals surface area (Å²) in [6.45, 7) is 3.79. The van der Waals surface area contributed by atoms with Crippen molar-refractivity contribution in [2.75, 3.05) is 7.11 Å². The minimum atomic E-state index is -0.625. The van der Waals surface area contributed by atoms with E-state index in [4.69, 9.17) is 23.7 Å². The molecular weight excluding hydrogens is 296 g/mol. The summed E-state index contributed by atoms with van der Waals surface area (Å²) < 4.78 is 29.8. The first-order chi connectivity index (χ1) is 11.1. The first-order valence-corrected chi connectivity index (χ1v) is 8.32. The number of rotatable bonds is 3. The molecule has 0 saturated carbocycles. The molecule has 0 unspecified atom stereocenters. The Balaban J connectivity index is 1.45. The van der Waals surface area contributed by atoms with Crippen LogP contribution >= 0.6 is 0 Å². The molecule has 0 spiro atoms. The Kier molecular flexibility index (Phi) is 3.94. The van der Waals surface area contributed by atoms with E-state index in [1.807, 2.05) is 32.0 Å². The normalized spacial score (nSPS) is 42.0. The van der Waals surface area contributed by atoms with E-state index >= 15 is 0 Å². The van der Waals surface area contributed by atoms with Gasteiger partial charge in [0, 0.05) is 7.11 Å². The Morgan fingerprint density at radius 1 is 1.00 bits per heavy atom. The van der Waals surface area contributed by atoms with Gasteiger partial charge in [0.25, 0.3) is 0 Å². The monoisotopic (exact) mass is 320 g/mol. The predicted octanol–water partition coefficient (Wildman–Crippen LogP) is 2.80. The Labute approximate surface area is 136 Å². The third-order valence-electron chi connectivity index (χ3n) is 4.89. The van der Waals surface area contributed by atoms with Crippen molar-refractivity contribution in [3.63, 3.8) is 0 Å². The van der Waals surface area contributed by atoms with Gasteiger partial charge in [0.1, 0.15) is 18.3 Å². The predicted molar refractivity (Wildman–Crippen MR) is 82.8 cm³/mol. The zero-order valence-corrected chi connectivity index (χ0v) is 13.8. The highest BCUT2D eigenvalue weighted by Crippen LogP contribution is 2.43. The quantitative estimate of drug-likeness (QED) is 0.857. The lowest BCUT2D eigenvalue weighted by Crippen LogP contribution is -2.42. The molecule has 1 aromatic rings. The highest BCUT2D eigenvalue weighted by atomic mass is 16.8. The smallest absolute Gasteiger partial charge is 0.190 e. The van der Waals surface area contributed by atoms with Crippen LogP contribution in [0.25, 0.3) is 0 Å². The number of hydrogen-bond donors (Lipinski definition) is 0. The number of fused-ring (bicyclic) bond motifs is 1. The fraction of sp³-hybridized carbons (Fsp3) is 0.667. The van der Waals surface area contributed by atoms with Gasteiger partial charge in [0.15, 0.2) is 12.1 Å². The second-order valence-electron chi connectivity index (χ2n) is 6.92. The minimum absolute atomic E-state index is 0.00562. The zero-order chi connectivity index (χ0) is 16.0. The largest absolute Gasteiger partial charge is 0.376 e. The molecule has 3 fully saturated rings. The van der Waals surface area contributed by atoms with Crippen molar-refractivity contribution >= 4 is 0 Å². The van der Waals surface area contributed by atoms with E-state index in [2.05, 4.69) is 12.1 Å². The van der Waals surface area contributed by atoms with Gasteiger partial charge in [-0.3, -0.25) is 0 Å². The first-order valence-electron chi connectivity index (χ1n) is 8.32. The molecule has 23 heavy (non-hydrogen) atoms. The van der Waals surface area contributed by atoms with E-state index in [-0.39, 0.29) is 36.8 Å². The van der Waals surface area contributed by atoms with E-state index in [0.717, 1.165) is 12.8 Å². The molecule has 6 atom stereocenters. The first kappa shape index (κ1) is 15.5.